The number of ether oxygens (including phenoxy) is 1. The molecule has 38 heavy (non-hydrogen) atoms. The highest BCUT2D eigenvalue weighted by molar-refractivity contribution is 6.30. The van der Waals surface area contributed by atoms with Crippen molar-refractivity contribution in [2.45, 2.75) is 64.1 Å². The molecule has 8 nitrogen and oxygen atoms in total. The number of aromatic nitrogens is 4. The van der Waals surface area contributed by atoms with Crippen LogP contribution in [-0.2, 0) is 6.54 Å². The average molecular weight is 532 g/mol. The van der Waals surface area contributed by atoms with Crippen LogP contribution < -0.4 is 15.7 Å². The third-order valence-electron chi connectivity index (χ3n) is 7.55. The van der Waals surface area contributed by atoms with Crippen LogP contribution in [0.2, 0.25) is 5.02 Å². The van der Waals surface area contributed by atoms with Gasteiger partial charge in [0.15, 0.2) is 0 Å². The molecule has 2 aliphatic rings. The molecule has 1 amide bonds. The van der Waals surface area contributed by atoms with Gasteiger partial charge in [-0.05, 0) is 75.6 Å². The van der Waals surface area contributed by atoms with Gasteiger partial charge in [-0.25, -0.2) is 9.78 Å². The van der Waals surface area contributed by atoms with E-state index >= 15 is 0 Å². The highest BCUT2D eigenvalue weighted by Crippen LogP contribution is 2.29. The zero-order valence-electron chi connectivity index (χ0n) is 21.3. The number of pyridine rings is 2. The van der Waals surface area contributed by atoms with Crippen molar-refractivity contribution in [2.24, 2.45) is 5.92 Å². The minimum atomic E-state index is -0.137. The third kappa shape index (κ3) is 5.05. The molecule has 0 radical (unpaired) electrons. The summed E-state index contributed by atoms with van der Waals surface area (Å²) < 4.78 is 9.39. The number of carbonyl (C=O) groups is 1. The number of benzene rings is 1. The summed E-state index contributed by atoms with van der Waals surface area (Å²) >= 11 is 6.04. The molecule has 3 heterocycles. The standard InChI is InChI=1S/C29H30ClN5O3/c1-18-24(14-20(30)15-31-18)28(36)33-21-8-6-19(7-9-21)17-34-25-4-2-3-5-26(25)35(29(34)37)22-10-13-27(32-16-22)38-23-11-12-23/h2-5,10,13-16,19,21,23H,6-9,11-12,17H2,1H3,(H,33,36)/t19-,21-. The molecule has 1 aromatic carbocycles. The van der Waals surface area contributed by atoms with E-state index in [9.17, 15) is 9.59 Å². The van der Waals surface area contributed by atoms with Gasteiger partial charge in [0.25, 0.3) is 5.91 Å². The lowest BCUT2D eigenvalue weighted by atomic mass is 9.85. The van der Waals surface area contributed by atoms with Crippen LogP contribution in [0.3, 0.4) is 0 Å². The first-order valence-electron chi connectivity index (χ1n) is 13.2. The predicted octanol–water partition coefficient (Wildman–Crippen LogP) is 5.07. The Kier molecular flexibility index (Phi) is 6.66. The number of aryl methyl sites for hydroxylation is 1. The number of fused-ring (bicyclic) bond motifs is 1. The second-order valence-corrected chi connectivity index (χ2v) is 10.8. The Hall–Kier alpha value is -3.65. The van der Waals surface area contributed by atoms with Gasteiger partial charge in [-0.15, -0.1) is 0 Å². The molecule has 2 aliphatic carbocycles. The van der Waals surface area contributed by atoms with Gasteiger partial charge in [0.05, 0.1) is 39.2 Å². The summed E-state index contributed by atoms with van der Waals surface area (Å²) in [4.78, 5) is 35.1. The van der Waals surface area contributed by atoms with Crippen molar-refractivity contribution in [3.05, 3.63) is 81.6 Å². The molecule has 6 rings (SSSR count). The van der Waals surface area contributed by atoms with Gasteiger partial charge < -0.3 is 10.1 Å². The van der Waals surface area contributed by atoms with E-state index < -0.39 is 0 Å². The van der Waals surface area contributed by atoms with Gasteiger partial charge in [-0.2, -0.15) is 0 Å². The Morgan fingerprint density at radius 3 is 2.50 bits per heavy atom. The van der Waals surface area contributed by atoms with Gasteiger partial charge >= 0.3 is 5.69 Å². The maximum absolute atomic E-state index is 13.7. The van der Waals surface area contributed by atoms with Crippen molar-refractivity contribution < 1.29 is 9.53 Å². The highest BCUT2D eigenvalue weighted by atomic mass is 35.5. The van der Waals surface area contributed by atoms with Crippen molar-refractivity contribution in [3.8, 4) is 11.6 Å². The van der Waals surface area contributed by atoms with E-state index in [1.807, 2.05) is 47.9 Å². The van der Waals surface area contributed by atoms with Crippen LogP contribution in [0.5, 0.6) is 5.88 Å². The Balaban J connectivity index is 1.16. The molecule has 4 aromatic rings. The summed E-state index contributed by atoms with van der Waals surface area (Å²) in [5.41, 5.74) is 3.61. The summed E-state index contributed by atoms with van der Waals surface area (Å²) in [5.74, 6) is 0.809. The fourth-order valence-electron chi connectivity index (χ4n) is 5.31. The topological polar surface area (TPSA) is 91.0 Å². The van der Waals surface area contributed by atoms with Crippen molar-refractivity contribution in [3.63, 3.8) is 0 Å². The van der Waals surface area contributed by atoms with Crippen LogP contribution >= 0.6 is 11.6 Å². The first-order chi connectivity index (χ1) is 18.5. The number of nitrogens with one attached hydrogen (secondary N) is 1. The average Bonchev–Trinajstić information content (AvgIpc) is 3.70. The maximum Gasteiger partial charge on any atom is 0.333 e. The van der Waals surface area contributed by atoms with E-state index in [2.05, 4.69) is 15.3 Å². The predicted molar refractivity (Wildman–Crippen MR) is 146 cm³/mol. The number of halogens is 1. The summed E-state index contributed by atoms with van der Waals surface area (Å²) in [7, 11) is 0. The van der Waals surface area contributed by atoms with Crippen molar-refractivity contribution in [1.29, 1.82) is 0 Å². The van der Waals surface area contributed by atoms with Crippen molar-refractivity contribution in [2.75, 3.05) is 0 Å². The van der Waals surface area contributed by atoms with E-state index in [0.717, 1.165) is 55.2 Å². The van der Waals surface area contributed by atoms with E-state index in [1.54, 1.807) is 23.0 Å². The molecule has 0 saturated heterocycles. The first-order valence-corrected chi connectivity index (χ1v) is 13.6. The van der Waals surface area contributed by atoms with Gasteiger partial charge in [0, 0.05) is 24.8 Å². The normalized spacial score (nSPS) is 19.4. The van der Waals surface area contributed by atoms with Crippen LogP contribution in [0.25, 0.3) is 16.7 Å². The Morgan fingerprint density at radius 2 is 1.79 bits per heavy atom. The lowest BCUT2D eigenvalue weighted by Gasteiger charge is -2.29. The minimum Gasteiger partial charge on any atom is -0.474 e. The lowest BCUT2D eigenvalue weighted by molar-refractivity contribution is 0.0919. The first kappa shape index (κ1) is 24.7. The minimum absolute atomic E-state index is 0.0665. The van der Waals surface area contributed by atoms with Crippen LogP contribution in [0, 0.1) is 12.8 Å². The molecule has 9 heteroatoms. The summed E-state index contributed by atoms with van der Waals surface area (Å²) in [5, 5.41) is 3.60. The summed E-state index contributed by atoms with van der Waals surface area (Å²) in [6.45, 7) is 2.45. The molecule has 0 spiro atoms. The SMILES string of the molecule is Cc1ncc(Cl)cc1C(=O)N[C@H]1CC[C@H](Cn2c(=O)n(-c3ccc(OC4CC4)nc3)c3ccccc32)CC1. The van der Waals surface area contributed by atoms with E-state index in [-0.39, 0.29) is 23.7 Å². The fourth-order valence-corrected chi connectivity index (χ4v) is 5.47. The fraction of sp³-hybridized carbons (Fsp3) is 0.379. The number of carbonyl (C=O) groups excluding carboxylic acids is 1. The molecule has 2 saturated carbocycles. The number of nitrogens with zero attached hydrogens (tertiary/aromatic N) is 4. The van der Waals surface area contributed by atoms with Gasteiger partial charge in [0.2, 0.25) is 5.88 Å². The van der Waals surface area contributed by atoms with Gasteiger partial charge in [0.1, 0.15) is 6.10 Å². The second-order valence-electron chi connectivity index (χ2n) is 10.4. The van der Waals surface area contributed by atoms with E-state index in [1.165, 1.54) is 0 Å². The lowest BCUT2D eigenvalue weighted by Crippen LogP contribution is -2.39. The van der Waals surface area contributed by atoms with E-state index in [0.29, 0.717) is 34.6 Å². The van der Waals surface area contributed by atoms with Crippen LogP contribution in [0.1, 0.15) is 54.6 Å². The van der Waals surface area contributed by atoms with Crippen LogP contribution in [-0.4, -0.2) is 37.2 Å². The molecule has 0 aliphatic heterocycles. The molecular weight excluding hydrogens is 502 g/mol. The monoisotopic (exact) mass is 531 g/mol. The highest BCUT2D eigenvalue weighted by Gasteiger charge is 2.26. The van der Waals surface area contributed by atoms with Gasteiger partial charge in [-0.3, -0.25) is 18.9 Å². The summed E-state index contributed by atoms with van der Waals surface area (Å²) in [6, 6.07) is 13.4. The molecule has 0 unspecified atom stereocenters. The largest absolute Gasteiger partial charge is 0.474 e. The zero-order chi connectivity index (χ0) is 26.2. The number of hydrogen-bond donors (Lipinski definition) is 1. The Morgan fingerprint density at radius 1 is 1.03 bits per heavy atom. The Bertz CT molecular complexity index is 1530. The van der Waals surface area contributed by atoms with Crippen LogP contribution in [0.4, 0.5) is 0 Å². The number of rotatable bonds is 7. The maximum atomic E-state index is 13.7. The van der Waals surface area contributed by atoms with Gasteiger partial charge in [-0.1, -0.05) is 23.7 Å². The molecule has 0 bridgehead atoms. The number of imidazole rings is 1. The van der Waals surface area contributed by atoms with Crippen molar-refractivity contribution >= 4 is 28.5 Å². The second kappa shape index (κ2) is 10.3. The molecule has 0 atom stereocenters. The van der Waals surface area contributed by atoms with Crippen LogP contribution in [0.15, 0.2) is 59.7 Å². The molecule has 3 aromatic heterocycles. The third-order valence-corrected chi connectivity index (χ3v) is 7.75. The quantitative estimate of drug-likeness (QED) is 0.359. The smallest absolute Gasteiger partial charge is 0.333 e. The summed E-state index contributed by atoms with van der Waals surface area (Å²) in [6.07, 6.45) is 9.27. The number of para-hydroxylation sites is 2. The zero-order valence-corrected chi connectivity index (χ0v) is 22.0. The number of amides is 1. The van der Waals surface area contributed by atoms with E-state index in [4.69, 9.17) is 16.3 Å². The molecule has 1 N–H and O–H groups in total. The van der Waals surface area contributed by atoms with Crippen molar-refractivity contribution in [1.82, 2.24) is 24.4 Å². The Labute approximate surface area is 225 Å². The molecular formula is C29H30ClN5O3. The molecule has 2 fully saturated rings. The number of hydrogen-bond acceptors (Lipinski definition) is 5. The molecule has 196 valence electrons.